The number of rotatable bonds is 3. The summed E-state index contributed by atoms with van der Waals surface area (Å²) >= 11 is 3.35. The molecule has 1 unspecified atom stereocenters. The molecule has 0 spiro atoms. The first-order chi connectivity index (χ1) is 9.83. The SMILES string of the molecule is CC(C)(C)OC(=O)N1CCC(CNc2cccc(Br)n2)C1. The number of amides is 1. The number of hydrogen-bond donors (Lipinski definition) is 1. The summed E-state index contributed by atoms with van der Waals surface area (Å²) in [7, 11) is 0. The zero-order valence-corrected chi connectivity index (χ0v) is 14.3. The zero-order valence-electron chi connectivity index (χ0n) is 12.7. The van der Waals surface area contributed by atoms with E-state index in [1.54, 1.807) is 4.90 Å². The summed E-state index contributed by atoms with van der Waals surface area (Å²) < 4.78 is 6.21. The van der Waals surface area contributed by atoms with Crippen LogP contribution in [0.5, 0.6) is 0 Å². The van der Waals surface area contributed by atoms with E-state index in [9.17, 15) is 4.79 Å². The topological polar surface area (TPSA) is 54.5 Å². The van der Waals surface area contributed by atoms with Gasteiger partial charge in [0.1, 0.15) is 16.0 Å². The van der Waals surface area contributed by atoms with Crippen molar-refractivity contribution < 1.29 is 9.53 Å². The summed E-state index contributed by atoms with van der Waals surface area (Å²) in [5, 5.41) is 3.32. The van der Waals surface area contributed by atoms with Crippen molar-refractivity contribution in [2.24, 2.45) is 5.92 Å². The van der Waals surface area contributed by atoms with Crippen molar-refractivity contribution in [2.45, 2.75) is 32.8 Å². The second kappa shape index (κ2) is 6.64. The van der Waals surface area contributed by atoms with Crippen LogP contribution in [0.4, 0.5) is 10.6 Å². The maximum atomic E-state index is 12.0. The molecule has 0 saturated carbocycles. The van der Waals surface area contributed by atoms with Gasteiger partial charge in [-0.2, -0.15) is 0 Å². The van der Waals surface area contributed by atoms with Gasteiger partial charge in [0.15, 0.2) is 0 Å². The Hall–Kier alpha value is -1.30. The van der Waals surface area contributed by atoms with Crippen molar-refractivity contribution in [1.82, 2.24) is 9.88 Å². The lowest BCUT2D eigenvalue weighted by Crippen LogP contribution is -2.35. The van der Waals surface area contributed by atoms with Gasteiger partial charge in [0.25, 0.3) is 0 Å². The average molecular weight is 356 g/mol. The van der Waals surface area contributed by atoms with Crippen LogP contribution >= 0.6 is 15.9 Å². The van der Waals surface area contributed by atoms with Crippen molar-refractivity contribution in [3.63, 3.8) is 0 Å². The highest BCUT2D eigenvalue weighted by Gasteiger charge is 2.29. The predicted molar refractivity (Wildman–Crippen MR) is 86.3 cm³/mol. The molecule has 1 aliphatic heterocycles. The third kappa shape index (κ3) is 5.19. The van der Waals surface area contributed by atoms with Crippen molar-refractivity contribution in [2.75, 3.05) is 25.0 Å². The monoisotopic (exact) mass is 355 g/mol. The number of pyridine rings is 1. The maximum Gasteiger partial charge on any atom is 0.410 e. The van der Waals surface area contributed by atoms with Crippen LogP contribution in [-0.2, 0) is 4.74 Å². The molecule has 21 heavy (non-hydrogen) atoms. The minimum Gasteiger partial charge on any atom is -0.444 e. The standard InChI is InChI=1S/C15H22BrN3O2/c1-15(2,3)21-14(20)19-8-7-11(10-19)9-17-13-6-4-5-12(16)18-13/h4-6,11H,7-10H2,1-3H3,(H,17,18). The number of carbonyl (C=O) groups excluding carboxylic acids is 1. The molecule has 116 valence electrons. The summed E-state index contributed by atoms with van der Waals surface area (Å²) in [5.41, 5.74) is -0.437. The Morgan fingerprint density at radius 1 is 1.52 bits per heavy atom. The fourth-order valence-corrected chi connectivity index (χ4v) is 2.59. The highest BCUT2D eigenvalue weighted by atomic mass is 79.9. The smallest absolute Gasteiger partial charge is 0.410 e. The first-order valence-corrected chi connectivity index (χ1v) is 7.97. The van der Waals surface area contributed by atoms with Crippen molar-refractivity contribution in [1.29, 1.82) is 0 Å². The van der Waals surface area contributed by atoms with E-state index in [0.717, 1.165) is 36.5 Å². The minimum absolute atomic E-state index is 0.217. The van der Waals surface area contributed by atoms with Gasteiger partial charge < -0.3 is 15.0 Å². The molecule has 1 aliphatic rings. The van der Waals surface area contributed by atoms with Crippen LogP contribution in [-0.4, -0.2) is 41.2 Å². The van der Waals surface area contributed by atoms with E-state index < -0.39 is 5.60 Å². The van der Waals surface area contributed by atoms with Gasteiger partial charge in [-0.3, -0.25) is 0 Å². The molecule has 2 heterocycles. The molecule has 1 aromatic rings. The molecule has 6 heteroatoms. The molecule has 0 bridgehead atoms. The van der Waals surface area contributed by atoms with Gasteiger partial charge >= 0.3 is 6.09 Å². The Morgan fingerprint density at radius 2 is 2.29 bits per heavy atom. The second-order valence-electron chi connectivity index (χ2n) is 6.31. The normalized spacial score (nSPS) is 18.7. The summed E-state index contributed by atoms with van der Waals surface area (Å²) in [6.45, 7) is 7.96. The van der Waals surface area contributed by atoms with Gasteiger partial charge in [0.2, 0.25) is 0 Å². The van der Waals surface area contributed by atoms with Gasteiger partial charge in [-0.1, -0.05) is 6.07 Å². The highest BCUT2D eigenvalue weighted by molar-refractivity contribution is 9.10. The molecule has 1 N–H and O–H groups in total. The van der Waals surface area contributed by atoms with Gasteiger partial charge in [0.05, 0.1) is 0 Å². The minimum atomic E-state index is -0.437. The fraction of sp³-hybridized carbons (Fsp3) is 0.600. The summed E-state index contributed by atoms with van der Waals surface area (Å²) in [5.74, 6) is 1.28. The molecule has 5 nitrogen and oxygen atoms in total. The van der Waals surface area contributed by atoms with Crippen molar-refractivity contribution >= 4 is 27.8 Å². The lowest BCUT2D eigenvalue weighted by molar-refractivity contribution is 0.0289. The fourth-order valence-electron chi connectivity index (χ4n) is 2.25. The van der Waals surface area contributed by atoms with Crippen LogP contribution in [0.3, 0.4) is 0 Å². The van der Waals surface area contributed by atoms with Crippen LogP contribution in [0.15, 0.2) is 22.8 Å². The summed E-state index contributed by atoms with van der Waals surface area (Å²) in [6.07, 6.45) is 0.769. The number of aromatic nitrogens is 1. The molecule has 0 radical (unpaired) electrons. The summed E-state index contributed by atoms with van der Waals surface area (Å²) in [6, 6.07) is 5.78. The third-order valence-corrected chi connectivity index (χ3v) is 3.67. The summed E-state index contributed by atoms with van der Waals surface area (Å²) in [4.78, 5) is 18.1. The highest BCUT2D eigenvalue weighted by Crippen LogP contribution is 2.20. The molecule has 1 saturated heterocycles. The van der Waals surface area contributed by atoms with Crippen molar-refractivity contribution in [3.8, 4) is 0 Å². The number of halogens is 1. The molecule has 1 atom stereocenters. The van der Waals surface area contributed by atoms with Gasteiger partial charge in [-0.15, -0.1) is 0 Å². The van der Waals surface area contributed by atoms with Crippen molar-refractivity contribution in [3.05, 3.63) is 22.8 Å². The molecule has 1 aromatic heterocycles. The lowest BCUT2D eigenvalue weighted by Gasteiger charge is -2.24. The maximum absolute atomic E-state index is 12.0. The zero-order chi connectivity index (χ0) is 15.5. The van der Waals surface area contributed by atoms with E-state index in [4.69, 9.17) is 4.74 Å². The predicted octanol–water partition coefficient (Wildman–Crippen LogP) is 3.51. The van der Waals surface area contributed by atoms with E-state index in [2.05, 4.69) is 26.2 Å². The Morgan fingerprint density at radius 3 is 2.95 bits per heavy atom. The van der Waals surface area contributed by atoms with E-state index in [0.29, 0.717) is 5.92 Å². The largest absolute Gasteiger partial charge is 0.444 e. The Balaban J connectivity index is 1.79. The molecule has 0 aliphatic carbocycles. The number of hydrogen-bond acceptors (Lipinski definition) is 4. The molecular weight excluding hydrogens is 334 g/mol. The first kappa shape index (κ1) is 16.1. The molecule has 1 fully saturated rings. The number of anilines is 1. The van der Waals surface area contributed by atoms with E-state index in [1.165, 1.54) is 0 Å². The van der Waals surface area contributed by atoms with Crippen LogP contribution in [0, 0.1) is 5.92 Å². The molecule has 0 aromatic carbocycles. The van der Waals surface area contributed by atoms with E-state index in [-0.39, 0.29) is 6.09 Å². The molecule has 1 amide bonds. The van der Waals surface area contributed by atoms with Gasteiger partial charge in [-0.25, -0.2) is 9.78 Å². The second-order valence-corrected chi connectivity index (χ2v) is 7.12. The van der Waals surface area contributed by atoms with Gasteiger partial charge in [-0.05, 0) is 61.2 Å². The van der Waals surface area contributed by atoms with Crippen LogP contribution in [0.25, 0.3) is 0 Å². The Labute approximate surface area is 134 Å². The number of carbonyl (C=O) groups is 1. The number of ether oxygens (including phenoxy) is 1. The number of nitrogens with zero attached hydrogens (tertiary/aromatic N) is 2. The van der Waals surface area contributed by atoms with Crippen LogP contribution in [0.1, 0.15) is 27.2 Å². The van der Waals surface area contributed by atoms with Crippen LogP contribution in [0.2, 0.25) is 0 Å². The average Bonchev–Trinajstić information content (AvgIpc) is 2.83. The Bertz CT molecular complexity index is 502. The molecule has 2 rings (SSSR count). The Kier molecular flexibility index (Phi) is 5.08. The van der Waals surface area contributed by atoms with E-state index in [1.807, 2.05) is 39.0 Å². The quantitative estimate of drug-likeness (QED) is 0.842. The first-order valence-electron chi connectivity index (χ1n) is 7.18. The van der Waals surface area contributed by atoms with Gasteiger partial charge in [0, 0.05) is 19.6 Å². The third-order valence-electron chi connectivity index (χ3n) is 3.22. The molecular formula is C15H22BrN3O2. The van der Waals surface area contributed by atoms with Crippen LogP contribution < -0.4 is 5.32 Å². The number of nitrogens with one attached hydrogen (secondary N) is 1. The van der Waals surface area contributed by atoms with E-state index >= 15 is 0 Å². The number of likely N-dealkylation sites (tertiary alicyclic amines) is 1. The lowest BCUT2D eigenvalue weighted by atomic mass is 10.1.